The maximum absolute atomic E-state index is 12.1. The van der Waals surface area contributed by atoms with E-state index in [1.54, 1.807) is 0 Å². The topological polar surface area (TPSA) is 58.8 Å². The van der Waals surface area contributed by atoms with Gasteiger partial charge < -0.3 is 20.3 Å². The molecule has 5 nitrogen and oxygen atoms in total. The van der Waals surface area contributed by atoms with Crippen LogP contribution in [0.2, 0.25) is 0 Å². The Bertz CT molecular complexity index is 241. The Morgan fingerprint density at radius 2 is 2.00 bits per heavy atom. The molecule has 15 heavy (non-hydrogen) atoms. The van der Waals surface area contributed by atoms with E-state index >= 15 is 0 Å². The third-order valence-corrected chi connectivity index (χ3v) is 3.19. The van der Waals surface area contributed by atoms with Gasteiger partial charge in [0.05, 0.1) is 19.1 Å². The van der Waals surface area contributed by atoms with E-state index in [1.807, 2.05) is 11.9 Å². The lowest BCUT2D eigenvalue weighted by atomic mass is 10.0. The van der Waals surface area contributed by atoms with Crippen molar-refractivity contribution < 1.29 is 9.53 Å². The van der Waals surface area contributed by atoms with Gasteiger partial charge in [-0.15, -0.1) is 0 Å². The summed E-state index contributed by atoms with van der Waals surface area (Å²) in [6.07, 6.45) is 0. The second-order valence-corrected chi connectivity index (χ2v) is 4.43. The van der Waals surface area contributed by atoms with Crippen LogP contribution in [0, 0.1) is 5.92 Å². The molecule has 2 atom stereocenters. The first-order valence-corrected chi connectivity index (χ1v) is 5.49. The molecule has 2 saturated heterocycles. The van der Waals surface area contributed by atoms with Gasteiger partial charge in [0.1, 0.15) is 0 Å². The largest absolute Gasteiger partial charge is 0.378 e. The maximum Gasteiger partial charge on any atom is 0.228 e. The van der Waals surface area contributed by atoms with Crippen molar-refractivity contribution in [3.05, 3.63) is 0 Å². The fourth-order valence-corrected chi connectivity index (χ4v) is 2.31. The highest BCUT2D eigenvalue weighted by molar-refractivity contribution is 5.80. The minimum absolute atomic E-state index is 0.00894. The standard InChI is InChI=1S/C10H19N3O2/c1-12-6-8(9(11)7-12)10(14)13-2-4-15-5-3-13/h8-9H,2-7,11H2,1H3. The number of rotatable bonds is 1. The molecule has 2 N–H and O–H groups in total. The summed E-state index contributed by atoms with van der Waals surface area (Å²) in [5.74, 6) is 0.184. The molecule has 2 aliphatic heterocycles. The van der Waals surface area contributed by atoms with E-state index in [9.17, 15) is 4.79 Å². The van der Waals surface area contributed by atoms with Crippen molar-refractivity contribution in [2.24, 2.45) is 11.7 Å². The van der Waals surface area contributed by atoms with Crippen LogP contribution >= 0.6 is 0 Å². The van der Waals surface area contributed by atoms with E-state index in [0.717, 1.165) is 13.1 Å². The van der Waals surface area contributed by atoms with Crippen LogP contribution in [0.3, 0.4) is 0 Å². The van der Waals surface area contributed by atoms with E-state index in [2.05, 4.69) is 4.90 Å². The molecule has 2 heterocycles. The predicted molar refractivity (Wildman–Crippen MR) is 56.4 cm³/mol. The zero-order valence-electron chi connectivity index (χ0n) is 9.19. The molecule has 0 saturated carbocycles. The number of ether oxygens (including phenoxy) is 1. The zero-order valence-corrected chi connectivity index (χ0v) is 9.19. The number of likely N-dealkylation sites (tertiary alicyclic amines) is 1. The molecule has 2 unspecified atom stereocenters. The number of hydrogen-bond donors (Lipinski definition) is 1. The van der Waals surface area contributed by atoms with E-state index < -0.39 is 0 Å². The van der Waals surface area contributed by atoms with Crippen LogP contribution in [-0.4, -0.2) is 68.2 Å². The Balaban J connectivity index is 1.94. The molecule has 0 spiro atoms. The maximum atomic E-state index is 12.1. The number of amides is 1. The van der Waals surface area contributed by atoms with Gasteiger partial charge in [-0.2, -0.15) is 0 Å². The molecule has 0 aromatic rings. The Kier molecular flexibility index (Phi) is 3.23. The summed E-state index contributed by atoms with van der Waals surface area (Å²) in [7, 11) is 2.01. The van der Waals surface area contributed by atoms with Crippen molar-refractivity contribution in [2.75, 3.05) is 46.4 Å². The fraction of sp³-hybridized carbons (Fsp3) is 0.900. The van der Waals surface area contributed by atoms with Crippen molar-refractivity contribution in [1.29, 1.82) is 0 Å². The molecular weight excluding hydrogens is 194 g/mol. The van der Waals surface area contributed by atoms with Crippen LogP contribution in [0.1, 0.15) is 0 Å². The van der Waals surface area contributed by atoms with Gasteiger partial charge in [-0.05, 0) is 7.05 Å². The molecule has 0 aliphatic carbocycles. The summed E-state index contributed by atoms with van der Waals surface area (Å²) in [5.41, 5.74) is 5.96. The third kappa shape index (κ3) is 2.30. The van der Waals surface area contributed by atoms with Crippen LogP contribution in [0.4, 0.5) is 0 Å². The van der Waals surface area contributed by atoms with Crippen LogP contribution in [0.5, 0.6) is 0 Å². The normalized spacial score (nSPS) is 33.3. The molecule has 2 aliphatic rings. The third-order valence-electron chi connectivity index (χ3n) is 3.19. The second-order valence-electron chi connectivity index (χ2n) is 4.43. The Morgan fingerprint density at radius 3 is 2.53 bits per heavy atom. The summed E-state index contributed by atoms with van der Waals surface area (Å²) in [4.78, 5) is 16.1. The molecule has 2 rings (SSSR count). The lowest BCUT2D eigenvalue weighted by Crippen LogP contribution is -2.48. The number of likely N-dealkylation sites (N-methyl/N-ethyl adjacent to an activating group) is 1. The van der Waals surface area contributed by atoms with E-state index in [0.29, 0.717) is 26.3 Å². The monoisotopic (exact) mass is 213 g/mol. The Morgan fingerprint density at radius 1 is 1.33 bits per heavy atom. The number of carbonyl (C=O) groups is 1. The minimum atomic E-state index is -0.0203. The van der Waals surface area contributed by atoms with Crippen molar-refractivity contribution >= 4 is 5.91 Å². The highest BCUT2D eigenvalue weighted by Crippen LogP contribution is 2.17. The van der Waals surface area contributed by atoms with Crippen LogP contribution < -0.4 is 5.73 Å². The summed E-state index contributed by atoms with van der Waals surface area (Å²) in [5, 5.41) is 0. The lowest BCUT2D eigenvalue weighted by Gasteiger charge is -2.30. The van der Waals surface area contributed by atoms with E-state index in [-0.39, 0.29) is 17.9 Å². The molecule has 1 amide bonds. The average Bonchev–Trinajstić information content (AvgIpc) is 2.58. The smallest absolute Gasteiger partial charge is 0.228 e. The highest BCUT2D eigenvalue weighted by Gasteiger charge is 2.36. The predicted octanol–water partition coefficient (Wildman–Crippen LogP) is -1.27. The number of nitrogens with two attached hydrogens (primary N) is 1. The summed E-state index contributed by atoms with van der Waals surface area (Å²) in [6.45, 7) is 4.35. The summed E-state index contributed by atoms with van der Waals surface area (Å²) < 4.78 is 5.22. The Labute approximate surface area is 90.1 Å². The van der Waals surface area contributed by atoms with Gasteiger partial charge in [0.15, 0.2) is 0 Å². The average molecular weight is 213 g/mol. The molecule has 5 heteroatoms. The van der Waals surface area contributed by atoms with E-state index in [4.69, 9.17) is 10.5 Å². The fourth-order valence-electron chi connectivity index (χ4n) is 2.31. The molecule has 0 aromatic heterocycles. The van der Waals surface area contributed by atoms with Gasteiger partial charge in [-0.25, -0.2) is 0 Å². The van der Waals surface area contributed by atoms with Crippen LogP contribution in [-0.2, 0) is 9.53 Å². The second kappa shape index (κ2) is 4.47. The highest BCUT2D eigenvalue weighted by atomic mass is 16.5. The first-order chi connectivity index (χ1) is 7.18. The van der Waals surface area contributed by atoms with Gasteiger partial charge in [0, 0.05) is 32.2 Å². The minimum Gasteiger partial charge on any atom is -0.378 e. The molecule has 0 bridgehead atoms. The molecular formula is C10H19N3O2. The number of morpholine rings is 1. The zero-order chi connectivity index (χ0) is 10.8. The molecule has 86 valence electrons. The van der Waals surface area contributed by atoms with Gasteiger partial charge >= 0.3 is 0 Å². The van der Waals surface area contributed by atoms with Crippen molar-refractivity contribution in [3.8, 4) is 0 Å². The number of nitrogens with zero attached hydrogens (tertiary/aromatic N) is 2. The van der Waals surface area contributed by atoms with Crippen molar-refractivity contribution in [2.45, 2.75) is 6.04 Å². The Hall–Kier alpha value is -0.650. The van der Waals surface area contributed by atoms with Gasteiger partial charge in [0.25, 0.3) is 0 Å². The van der Waals surface area contributed by atoms with Crippen molar-refractivity contribution in [1.82, 2.24) is 9.80 Å². The summed E-state index contributed by atoms with van der Waals surface area (Å²) in [6, 6.07) is -0.00894. The van der Waals surface area contributed by atoms with Gasteiger partial charge in [-0.3, -0.25) is 4.79 Å². The molecule has 2 fully saturated rings. The lowest BCUT2D eigenvalue weighted by molar-refractivity contribution is -0.139. The first kappa shape index (κ1) is 10.9. The van der Waals surface area contributed by atoms with Gasteiger partial charge in [-0.1, -0.05) is 0 Å². The quantitative estimate of drug-likeness (QED) is 0.590. The van der Waals surface area contributed by atoms with Crippen LogP contribution in [0.25, 0.3) is 0 Å². The van der Waals surface area contributed by atoms with Crippen LogP contribution in [0.15, 0.2) is 0 Å². The van der Waals surface area contributed by atoms with Gasteiger partial charge in [0.2, 0.25) is 5.91 Å². The molecule has 0 radical (unpaired) electrons. The number of carbonyl (C=O) groups excluding carboxylic acids is 1. The molecule has 0 aromatic carbocycles. The number of hydrogen-bond acceptors (Lipinski definition) is 4. The van der Waals surface area contributed by atoms with E-state index in [1.165, 1.54) is 0 Å². The van der Waals surface area contributed by atoms with Crippen molar-refractivity contribution in [3.63, 3.8) is 0 Å². The first-order valence-electron chi connectivity index (χ1n) is 5.49. The summed E-state index contributed by atoms with van der Waals surface area (Å²) >= 11 is 0. The SMILES string of the molecule is CN1CC(N)C(C(=O)N2CCOCC2)C1.